The first kappa shape index (κ1) is 13.3. The minimum Gasteiger partial charge on any atom is -0.481 e. The first-order valence-electron chi connectivity index (χ1n) is 6.91. The number of nitrogens with one attached hydrogen (secondary N) is 1. The topological polar surface area (TPSA) is 69.6 Å². The molecule has 0 spiro atoms. The summed E-state index contributed by atoms with van der Waals surface area (Å²) in [6, 6.07) is 0.312. The molecule has 0 unspecified atom stereocenters. The fourth-order valence-electron chi connectivity index (χ4n) is 2.85. The van der Waals surface area contributed by atoms with E-state index in [0.717, 1.165) is 51.6 Å². The molecule has 1 aliphatic carbocycles. The lowest BCUT2D eigenvalue weighted by atomic mass is 9.86. The van der Waals surface area contributed by atoms with E-state index in [2.05, 4.69) is 5.32 Å². The van der Waals surface area contributed by atoms with Crippen molar-refractivity contribution in [3.63, 3.8) is 0 Å². The molecular weight excluding hydrogens is 232 g/mol. The van der Waals surface area contributed by atoms with Gasteiger partial charge in [-0.2, -0.15) is 0 Å². The SMILES string of the molecule is O=C(O)C1CCC(NCC(=O)N2CCCC2)CC1. The number of carboxylic acids is 1. The summed E-state index contributed by atoms with van der Waals surface area (Å²) in [4.78, 5) is 24.6. The van der Waals surface area contributed by atoms with Crippen LogP contribution in [-0.4, -0.2) is 47.6 Å². The molecule has 102 valence electrons. The lowest BCUT2D eigenvalue weighted by Crippen LogP contribution is -2.42. The van der Waals surface area contributed by atoms with Crippen molar-refractivity contribution < 1.29 is 14.7 Å². The first-order chi connectivity index (χ1) is 8.66. The maximum Gasteiger partial charge on any atom is 0.306 e. The molecule has 0 atom stereocenters. The third-order valence-electron chi connectivity index (χ3n) is 4.08. The number of aliphatic carboxylic acids is 1. The molecule has 0 radical (unpaired) electrons. The number of amides is 1. The van der Waals surface area contributed by atoms with E-state index in [1.165, 1.54) is 0 Å². The van der Waals surface area contributed by atoms with Gasteiger partial charge in [0, 0.05) is 19.1 Å². The molecule has 0 aromatic rings. The molecule has 2 N–H and O–H groups in total. The molecular formula is C13H22N2O3. The van der Waals surface area contributed by atoms with Crippen LogP contribution in [0, 0.1) is 5.92 Å². The molecule has 1 aliphatic heterocycles. The highest BCUT2D eigenvalue weighted by atomic mass is 16.4. The molecule has 2 fully saturated rings. The molecule has 1 saturated heterocycles. The summed E-state index contributed by atoms with van der Waals surface area (Å²) in [5, 5.41) is 12.2. The van der Waals surface area contributed by atoms with E-state index in [0.29, 0.717) is 12.6 Å². The average molecular weight is 254 g/mol. The Kier molecular flexibility index (Phi) is 4.58. The molecule has 2 rings (SSSR count). The Balaban J connectivity index is 1.65. The summed E-state index contributed by atoms with van der Waals surface area (Å²) in [5.41, 5.74) is 0. The van der Waals surface area contributed by atoms with Gasteiger partial charge in [-0.25, -0.2) is 0 Å². The smallest absolute Gasteiger partial charge is 0.306 e. The van der Waals surface area contributed by atoms with Crippen molar-refractivity contribution in [3.8, 4) is 0 Å². The minimum atomic E-state index is -0.679. The Labute approximate surface area is 108 Å². The molecule has 1 saturated carbocycles. The second-order valence-corrected chi connectivity index (χ2v) is 5.36. The quantitative estimate of drug-likeness (QED) is 0.780. The highest BCUT2D eigenvalue weighted by Crippen LogP contribution is 2.24. The van der Waals surface area contributed by atoms with Crippen LogP contribution in [0.3, 0.4) is 0 Å². The van der Waals surface area contributed by atoms with Crippen LogP contribution < -0.4 is 5.32 Å². The third-order valence-corrected chi connectivity index (χ3v) is 4.08. The standard InChI is InChI=1S/C13H22N2O3/c16-12(15-7-1-2-8-15)9-14-11-5-3-10(4-6-11)13(17)18/h10-11,14H,1-9H2,(H,17,18). The summed E-state index contributed by atoms with van der Waals surface area (Å²) >= 11 is 0. The molecule has 5 heteroatoms. The van der Waals surface area contributed by atoms with Crippen LogP contribution in [0.4, 0.5) is 0 Å². The summed E-state index contributed by atoms with van der Waals surface area (Å²) in [6.07, 6.45) is 5.43. The number of carbonyl (C=O) groups excluding carboxylic acids is 1. The predicted octanol–water partition coefficient (Wildman–Crippen LogP) is 0.842. The maximum absolute atomic E-state index is 11.8. The zero-order valence-electron chi connectivity index (χ0n) is 10.7. The summed E-state index contributed by atoms with van der Waals surface area (Å²) < 4.78 is 0. The lowest BCUT2D eigenvalue weighted by Gasteiger charge is -2.27. The van der Waals surface area contributed by atoms with E-state index in [9.17, 15) is 9.59 Å². The largest absolute Gasteiger partial charge is 0.481 e. The van der Waals surface area contributed by atoms with E-state index >= 15 is 0 Å². The summed E-state index contributed by atoms with van der Waals surface area (Å²) in [5.74, 6) is -0.674. The summed E-state index contributed by atoms with van der Waals surface area (Å²) in [6.45, 7) is 2.20. The Morgan fingerprint density at radius 3 is 2.28 bits per heavy atom. The molecule has 1 amide bonds. The van der Waals surface area contributed by atoms with Gasteiger partial charge >= 0.3 is 5.97 Å². The van der Waals surface area contributed by atoms with Gasteiger partial charge in [0.15, 0.2) is 0 Å². The van der Waals surface area contributed by atoms with Gasteiger partial charge in [0.2, 0.25) is 5.91 Å². The van der Waals surface area contributed by atoms with Crippen LogP contribution >= 0.6 is 0 Å². The van der Waals surface area contributed by atoms with Crippen LogP contribution in [0.2, 0.25) is 0 Å². The zero-order chi connectivity index (χ0) is 13.0. The molecule has 5 nitrogen and oxygen atoms in total. The van der Waals surface area contributed by atoms with E-state index in [1.807, 2.05) is 4.90 Å². The highest BCUT2D eigenvalue weighted by Gasteiger charge is 2.26. The van der Waals surface area contributed by atoms with Gasteiger partial charge < -0.3 is 15.3 Å². The number of hydrogen-bond donors (Lipinski definition) is 2. The van der Waals surface area contributed by atoms with Crippen molar-refractivity contribution >= 4 is 11.9 Å². The van der Waals surface area contributed by atoms with Crippen molar-refractivity contribution in [1.82, 2.24) is 10.2 Å². The van der Waals surface area contributed by atoms with Crippen LogP contribution in [0.1, 0.15) is 38.5 Å². The highest BCUT2D eigenvalue weighted by molar-refractivity contribution is 5.78. The monoisotopic (exact) mass is 254 g/mol. The number of carboxylic acid groups (broad SMARTS) is 1. The van der Waals surface area contributed by atoms with Gasteiger partial charge in [0.05, 0.1) is 12.5 Å². The Hall–Kier alpha value is -1.10. The second-order valence-electron chi connectivity index (χ2n) is 5.36. The van der Waals surface area contributed by atoms with Gasteiger partial charge in [0.25, 0.3) is 0 Å². The van der Waals surface area contributed by atoms with Gasteiger partial charge in [-0.3, -0.25) is 9.59 Å². The number of rotatable bonds is 4. The predicted molar refractivity (Wildman–Crippen MR) is 67.2 cm³/mol. The molecule has 0 aromatic carbocycles. The average Bonchev–Trinajstić information content (AvgIpc) is 2.90. The van der Waals surface area contributed by atoms with Crippen molar-refractivity contribution in [3.05, 3.63) is 0 Å². The van der Waals surface area contributed by atoms with Crippen LogP contribution in [0.15, 0.2) is 0 Å². The molecule has 0 aromatic heterocycles. The van der Waals surface area contributed by atoms with E-state index < -0.39 is 5.97 Å². The number of likely N-dealkylation sites (tertiary alicyclic amines) is 1. The van der Waals surface area contributed by atoms with Gasteiger partial charge in [-0.1, -0.05) is 0 Å². The maximum atomic E-state index is 11.8. The Bertz CT molecular complexity index is 305. The fourth-order valence-corrected chi connectivity index (χ4v) is 2.85. The van der Waals surface area contributed by atoms with Crippen molar-refractivity contribution in [2.24, 2.45) is 5.92 Å². The van der Waals surface area contributed by atoms with Gasteiger partial charge in [-0.15, -0.1) is 0 Å². The van der Waals surface area contributed by atoms with E-state index in [1.54, 1.807) is 0 Å². The fraction of sp³-hybridized carbons (Fsp3) is 0.846. The van der Waals surface area contributed by atoms with E-state index in [4.69, 9.17) is 5.11 Å². The van der Waals surface area contributed by atoms with Gasteiger partial charge in [0.1, 0.15) is 0 Å². The van der Waals surface area contributed by atoms with Crippen molar-refractivity contribution in [2.45, 2.75) is 44.6 Å². The Morgan fingerprint density at radius 1 is 1.11 bits per heavy atom. The molecule has 0 bridgehead atoms. The second kappa shape index (κ2) is 6.18. The van der Waals surface area contributed by atoms with Crippen LogP contribution in [0.5, 0.6) is 0 Å². The third kappa shape index (κ3) is 3.45. The normalized spacial score (nSPS) is 28.3. The van der Waals surface area contributed by atoms with Crippen LogP contribution in [-0.2, 0) is 9.59 Å². The number of hydrogen-bond acceptors (Lipinski definition) is 3. The lowest BCUT2D eigenvalue weighted by molar-refractivity contribution is -0.143. The first-order valence-corrected chi connectivity index (χ1v) is 6.91. The number of carbonyl (C=O) groups is 2. The van der Waals surface area contributed by atoms with E-state index in [-0.39, 0.29) is 11.8 Å². The number of nitrogens with zero attached hydrogens (tertiary/aromatic N) is 1. The minimum absolute atomic E-state index is 0.183. The Morgan fingerprint density at radius 2 is 1.72 bits per heavy atom. The molecule has 1 heterocycles. The summed E-state index contributed by atoms with van der Waals surface area (Å²) in [7, 11) is 0. The zero-order valence-corrected chi connectivity index (χ0v) is 10.7. The van der Waals surface area contributed by atoms with Crippen LogP contribution in [0.25, 0.3) is 0 Å². The molecule has 2 aliphatic rings. The van der Waals surface area contributed by atoms with Gasteiger partial charge in [-0.05, 0) is 38.5 Å². The molecule has 18 heavy (non-hydrogen) atoms. The van der Waals surface area contributed by atoms with Crippen molar-refractivity contribution in [1.29, 1.82) is 0 Å². The van der Waals surface area contributed by atoms with Crippen molar-refractivity contribution in [2.75, 3.05) is 19.6 Å².